The van der Waals surface area contributed by atoms with Gasteiger partial charge in [-0.2, -0.15) is 0 Å². The number of non-ortho nitro benzene ring substituents is 1. The molecule has 0 radical (unpaired) electrons. The standard InChI is InChI=1S/C26H29N3O5/c30-25(17-8-10-22(11-9-17)29(32)33)27-21-7-3-6-19(14-21)24-15-20-16-28(13-12-23(20)34-24)26(31)18-4-1-2-5-18/h3,6-11,14,18,20,23-24H,1-2,4-5,12-13,15-16H2,(H,27,30). The van der Waals surface area contributed by atoms with Crippen LogP contribution in [0.4, 0.5) is 11.4 Å². The van der Waals surface area contributed by atoms with Gasteiger partial charge in [0.05, 0.1) is 17.1 Å². The monoisotopic (exact) mass is 463 g/mol. The number of hydrogen-bond acceptors (Lipinski definition) is 5. The fourth-order valence-electron chi connectivity index (χ4n) is 5.56. The van der Waals surface area contributed by atoms with Gasteiger partial charge in [-0.15, -0.1) is 0 Å². The number of hydrogen-bond donors (Lipinski definition) is 1. The highest BCUT2D eigenvalue weighted by molar-refractivity contribution is 6.04. The Morgan fingerprint density at radius 2 is 1.82 bits per heavy atom. The lowest BCUT2D eigenvalue weighted by molar-refractivity contribution is -0.384. The van der Waals surface area contributed by atoms with E-state index < -0.39 is 4.92 Å². The molecule has 8 heteroatoms. The first-order chi connectivity index (χ1) is 16.5. The lowest BCUT2D eigenvalue weighted by Crippen LogP contribution is -2.46. The minimum absolute atomic E-state index is 0.0538. The van der Waals surface area contributed by atoms with Crippen LogP contribution in [0.5, 0.6) is 0 Å². The summed E-state index contributed by atoms with van der Waals surface area (Å²) in [4.78, 5) is 37.8. The Morgan fingerprint density at radius 3 is 2.56 bits per heavy atom. The average molecular weight is 464 g/mol. The van der Waals surface area contributed by atoms with Gasteiger partial charge in [0.25, 0.3) is 11.6 Å². The molecule has 3 atom stereocenters. The second-order valence-electron chi connectivity index (χ2n) is 9.60. The molecule has 0 aromatic heterocycles. The Bertz CT molecular complexity index is 1080. The zero-order valence-corrected chi connectivity index (χ0v) is 19.0. The molecule has 2 aromatic rings. The van der Waals surface area contributed by atoms with Crippen LogP contribution in [0, 0.1) is 22.0 Å². The van der Waals surface area contributed by atoms with Crippen molar-refractivity contribution in [2.24, 2.45) is 11.8 Å². The third-order valence-corrected chi connectivity index (χ3v) is 7.39. The molecule has 0 bridgehead atoms. The van der Waals surface area contributed by atoms with Crippen LogP contribution in [0.3, 0.4) is 0 Å². The molecule has 2 aromatic carbocycles. The highest BCUT2D eigenvalue weighted by atomic mass is 16.6. The van der Waals surface area contributed by atoms with E-state index >= 15 is 0 Å². The Morgan fingerprint density at radius 1 is 1.06 bits per heavy atom. The molecule has 3 unspecified atom stereocenters. The van der Waals surface area contributed by atoms with E-state index in [1.807, 2.05) is 24.3 Å². The Labute approximate surface area is 198 Å². The number of fused-ring (bicyclic) bond motifs is 1. The zero-order valence-electron chi connectivity index (χ0n) is 19.0. The molecule has 178 valence electrons. The molecule has 2 aliphatic heterocycles. The highest BCUT2D eigenvalue weighted by Crippen LogP contribution is 2.42. The minimum Gasteiger partial charge on any atom is -0.370 e. The second kappa shape index (κ2) is 9.54. The maximum absolute atomic E-state index is 12.9. The van der Waals surface area contributed by atoms with E-state index in [0.29, 0.717) is 23.1 Å². The third-order valence-electron chi connectivity index (χ3n) is 7.39. The van der Waals surface area contributed by atoms with Gasteiger partial charge in [0.1, 0.15) is 0 Å². The molecule has 3 aliphatic rings. The number of amides is 2. The van der Waals surface area contributed by atoms with Crippen LogP contribution < -0.4 is 5.32 Å². The summed E-state index contributed by atoms with van der Waals surface area (Å²) >= 11 is 0. The summed E-state index contributed by atoms with van der Waals surface area (Å²) in [5.74, 6) is 0.553. The van der Waals surface area contributed by atoms with Gasteiger partial charge in [-0.25, -0.2) is 0 Å². The van der Waals surface area contributed by atoms with Gasteiger partial charge < -0.3 is 15.0 Å². The van der Waals surface area contributed by atoms with Crippen LogP contribution in [0.1, 0.15) is 60.6 Å². The molecular weight excluding hydrogens is 434 g/mol. The molecule has 34 heavy (non-hydrogen) atoms. The largest absolute Gasteiger partial charge is 0.370 e. The van der Waals surface area contributed by atoms with Crippen molar-refractivity contribution in [2.45, 2.75) is 50.7 Å². The zero-order chi connectivity index (χ0) is 23.7. The maximum atomic E-state index is 12.9. The van der Waals surface area contributed by atoms with E-state index in [4.69, 9.17) is 4.74 Å². The van der Waals surface area contributed by atoms with Crippen molar-refractivity contribution < 1.29 is 19.2 Å². The summed E-state index contributed by atoms with van der Waals surface area (Å²) in [6.07, 6.45) is 6.22. The molecule has 8 nitrogen and oxygen atoms in total. The predicted molar refractivity (Wildman–Crippen MR) is 126 cm³/mol. The Balaban J connectivity index is 1.21. The van der Waals surface area contributed by atoms with Gasteiger partial charge >= 0.3 is 0 Å². The number of carbonyl (C=O) groups excluding carboxylic acids is 2. The fourth-order valence-corrected chi connectivity index (χ4v) is 5.56. The molecule has 1 N–H and O–H groups in total. The lowest BCUT2D eigenvalue weighted by Gasteiger charge is -2.35. The number of benzene rings is 2. The molecule has 0 spiro atoms. The van der Waals surface area contributed by atoms with Crippen LogP contribution in [0.15, 0.2) is 48.5 Å². The number of likely N-dealkylation sites (tertiary alicyclic amines) is 1. The SMILES string of the molecule is O=C(Nc1cccc(C2CC3CN(C(=O)C4CCCC4)CCC3O2)c1)c1ccc([N+](=O)[O-])cc1. The van der Waals surface area contributed by atoms with E-state index in [2.05, 4.69) is 10.2 Å². The molecule has 5 rings (SSSR count). The first-order valence-corrected chi connectivity index (χ1v) is 12.1. The van der Waals surface area contributed by atoms with Gasteiger partial charge in [0.15, 0.2) is 0 Å². The molecule has 1 saturated carbocycles. The van der Waals surface area contributed by atoms with Crippen molar-refractivity contribution in [1.29, 1.82) is 0 Å². The molecule has 2 saturated heterocycles. The summed E-state index contributed by atoms with van der Waals surface area (Å²) in [7, 11) is 0. The first-order valence-electron chi connectivity index (χ1n) is 12.1. The van der Waals surface area contributed by atoms with E-state index in [1.165, 1.54) is 37.1 Å². The molecule has 2 heterocycles. The number of nitrogens with one attached hydrogen (secondary N) is 1. The lowest BCUT2D eigenvalue weighted by atomic mass is 9.90. The molecular formula is C26H29N3O5. The van der Waals surface area contributed by atoms with Gasteiger partial charge in [0, 0.05) is 48.3 Å². The van der Waals surface area contributed by atoms with E-state index in [-0.39, 0.29) is 29.7 Å². The van der Waals surface area contributed by atoms with Gasteiger partial charge in [-0.05, 0) is 55.5 Å². The van der Waals surface area contributed by atoms with Crippen molar-refractivity contribution in [3.63, 3.8) is 0 Å². The number of anilines is 1. The van der Waals surface area contributed by atoms with Crippen LogP contribution in [-0.2, 0) is 9.53 Å². The van der Waals surface area contributed by atoms with Crippen molar-refractivity contribution in [3.05, 3.63) is 69.8 Å². The molecule has 2 amide bonds. The van der Waals surface area contributed by atoms with Crippen molar-refractivity contribution >= 4 is 23.2 Å². The number of rotatable bonds is 5. The quantitative estimate of drug-likeness (QED) is 0.511. The van der Waals surface area contributed by atoms with E-state index in [1.54, 1.807) is 0 Å². The van der Waals surface area contributed by atoms with E-state index in [0.717, 1.165) is 44.3 Å². The van der Waals surface area contributed by atoms with Gasteiger partial charge in [0.2, 0.25) is 5.91 Å². The summed E-state index contributed by atoms with van der Waals surface area (Å²) in [5, 5.41) is 13.7. The minimum atomic E-state index is -0.492. The highest BCUT2D eigenvalue weighted by Gasteiger charge is 2.41. The van der Waals surface area contributed by atoms with Gasteiger partial charge in [-0.3, -0.25) is 19.7 Å². The average Bonchev–Trinajstić information content (AvgIpc) is 3.53. The number of nitrogens with zero attached hydrogens (tertiary/aromatic N) is 2. The molecule has 3 fully saturated rings. The van der Waals surface area contributed by atoms with Crippen molar-refractivity contribution in [2.75, 3.05) is 18.4 Å². The number of nitro groups is 1. The third kappa shape index (κ3) is 4.68. The maximum Gasteiger partial charge on any atom is 0.269 e. The number of nitro benzene ring substituents is 1. The summed E-state index contributed by atoms with van der Waals surface area (Å²) in [6.45, 7) is 1.54. The number of piperidine rings is 1. The van der Waals surface area contributed by atoms with E-state index in [9.17, 15) is 19.7 Å². The van der Waals surface area contributed by atoms with Crippen LogP contribution >= 0.6 is 0 Å². The van der Waals surface area contributed by atoms with Crippen molar-refractivity contribution in [3.8, 4) is 0 Å². The first kappa shape index (κ1) is 22.5. The summed E-state index contributed by atoms with van der Waals surface area (Å²) in [5.41, 5.74) is 1.95. The normalized spacial score (nSPS) is 24.6. The Hall–Kier alpha value is -3.26. The number of ether oxygens (including phenoxy) is 1. The predicted octanol–water partition coefficient (Wildman–Crippen LogP) is 4.72. The molecule has 1 aliphatic carbocycles. The van der Waals surface area contributed by atoms with Crippen LogP contribution in [0.25, 0.3) is 0 Å². The fraction of sp³-hybridized carbons (Fsp3) is 0.462. The smallest absolute Gasteiger partial charge is 0.269 e. The van der Waals surface area contributed by atoms with Gasteiger partial charge in [-0.1, -0.05) is 25.0 Å². The second-order valence-corrected chi connectivity index (χ2v) is 9.60. The van der Waals surface area contributed by atoms with Crippen LogP contribution in [-0.4, -0.2) is 40.8 Å². The Kier molecular flexibility index (Phi) is 6.32. The number of carbonyl (C=O) groups is 2. The summed E-state index contributed by atoms with van der Waals surface area (Å²) < 4.78 is 6.37. The summed E-state index contributed by atoms with van der Waals surface area (Å²) in [6, 6.07) is 13.2. The topological polar surface area (TPSA) is 102 Å². The van der Waals surface area contributed by atoms with Crippen LogP contribution in [0.2, 0.25) is 0 Å². The van der Waals surface area contributed by atoms with Crippen molar-refractivity contribution in [1.82, 2.24) is 4.90 Å².